The maximum absolute atomic E-state index is 12.9. The van der Waals surface area contributed by atoms with E-state index in [0.29, 0.717) is 23.8 Å². The number of likely N-dealkylation sites (tertiary alicyclic amines) is 1. The molecule has 30 heavy (non-hydrogen) atoms. The van der Waals surface area contributed by atoms with Crippen molar-refractivity contribution in [2.45, 2.75) is 31.7 Å². The van der Waals surface area contributed by atoms with Crippen LogP contribution in [0.4, 0.5) is 0 Å². The van der Waals surface area contributed by atoms with Gasteiger partial charge in [0.25, 0.3) is 5.91 Å². The molecule has 2 heterocycles. The first-order valence-corrected chi connectivity index (χ1v) is 10.7. The predicted molar refractivity (Wildman–Crippen MR) is 114 cm³/mol. The first-order chi connectivity index (χ1) is 14.6. The molecular weight excluding hydrogens is 404 g/mol. The third kappa shape index (κ3) is 4.54. The number of rotatable bonds is 5. The van der Waals surface area contributed by atoms with Gasteiger partial charge in [0.1, 0.15) is 0 Å². The van der Waals surface area contributed by atoms with Crippen molar-refractivity contribution in [2.75, 3.05) is 26.3 Å². The fourth-order valence-electron chi connectivity index (χ4n) is 3.97. The van der Waals surface area contributed by atoms with E-state index in [2.05, 4.69) is 5.32 Å². The summed E-state index contributed by atoms with van der Waals surface area (Å²) in [6.45, 7) is 2.28. The van der Waals surface area contributed by atoms with Gasteiger partial charge in [0.15, 0.2) is 11.5 Å². The van der Waals surface area contributed by atoms with E-state index < -0.39 is 0 Å². The Bertz CT molecular complexity index is 933. The number of hydrogen-bond acceptors (Lipinski definition) is 4. The summed E-state index contributed by atoms with van der Waals surface area (Å²) in [5.41, 5.74) is 1.48. The predicted octanol–water partition coefficient (Wildman–Crippen LogP) is 3.98. The summed E-state index contributed by atoms with van der Waals surface area (Å²) in [4.78, 5) is 27.0. The number of carbonyl (C=O) groups is 2. The Balaban J connectivity index is 1.36. The molecular formula is C23H25ClN2O4. The van der Waals surface area contributed by atoms with Crippen LogP contribution in [-0.2, 0) is 4.79 Å². The molecule has 0 saturated carbocycles. The van der Waals surface area contributed by atoms with Gasteiger partial charge in [0, 0.05) is 25.9 Å². The molecule has 7 heteroatoms. The van der Waals surface area contributed by atoms with Crippen LogP contribution in [0.2, 0.25) is 5.02 Å². The number of ether oxygens (including phenoxy) is 2. The summed E-state index contributed by atoms with van der Waals surface area (Å²) in [7, 11) is 0. The summed E-state index contributed by atoms with van der Waals surface area (Å²) < 4.78 is 11.5. The number of fused-ring (bicyclic) bond motifs is 1. The van der Waals surface area contributed by atoms with E-state index >= 15 is 0 Å². The highest BCUT2D eigenvalue weighted by Crippen LogP contribution is 2.38. The first kappa shape index (κ1) is 20.5. The quantitative estimate of drug-likeness (QED) is 0.782. The van der Waals surface area contributed by atoms with Crippen molar-refractivity contribution in [2.24, 2.45) is 0 Å². The van der Waals surface area contributed by atoms with Crippen LogP contribution in [0.1, 0.15) is 47.6 Å². The van der Waals surface area contributed by atoms with Crippen molar-refractivity contribution in [1.82, 2.24) is 10.2 Å². The van der Waals surface area contributed by atoms with Crippen LogP contribution in [0.25, 0.3) is 0 Å². The van der Waals surface area contributed by atoms with E-state index in [9.17, 15) is 9.59 Å². The van der Waals surface area contributed by atoms with Crippen LogP contribution in [0, 0.1) is 0 Å². The fraction of sp³-hybridized carbons (Fsp3) is 0.391. The maximum atomic E-state index is 12.9. The van der Waals surface area contributed by atoms with Gasteiger partial charge in [-0.05, 0) is 42.7 Å². The van der Waals surface area contributed by atoms with Gasteiger partial charge in [-0.25, -0.2) is 0 Å². The highest BCUT2D eigenvalue weighted by Gasteiger charge is 2.30. The van der Waals surface area contributed by atoms with Gasteiger partial charge in [-0.1, -0.05) is 29.8 Å². The topological polar surface area (TPSA) is 67.9 Å². The summed E-state index contributed by atoms with van der Waals surface area (Å²) in [6, 6.07) is 12.8. The minimum atomic E-state index is -0.269. The second-order valence-corrected chi connectivity index (χ2v) is 7.89. The molecule has 2 aromatic carbocycles. The molecule has 1 N–H and O–H groups in total. The third-order valence-corrected chi connectivity index (χ3v) is 5.80. The lowest BCUT2D eigenvalue weighted by Crippen LogP contribution is -2.34. The van der Waals surface area contributed by atoms with Crippen LogP contribution in [0.5, 0.6) is 11.5 Å². The zero-order valence-electron chi connectivity index (χ0n) is 16.7. The standard InChI is InChI=1S/C23H25ClN2O4/c24-18-6-2-1-5-17(18)23(28)25-11-10-22(27)26-12-3-7-19(26)16-8-9-20-21(15-16)30-14-4-13-29-20/h1-2,5-6,8-9,15,19H,3-4,7,10-14H2,(H,25,28). The van der Waals surface area contributed by atoms with Crippen LogP contribution in [-0.4, -0.2) is 43.0 Å². The highest BCUT2D eigenvalue weighted by atomic mass is 35.5. The number of nitrogens with one attached hydrogen (secondary N) is 1. The van der Waals surface area contributed by atoms with Crippen molar-refractivity contribution in [3.8, 4) is 11.5 Å². The van der Waals surface area contributed by atoms with Crippen LogP contribution in [0.3, 0.4) is 0 Å². The smallest absolute Gasteiger partial charge is 0.252 e. The Labute approximate surface area is 181 Å². The normalized spacial score (nSPS) is 18.0. The van der Waals surface area contributed by atoms with Crippen molar-refractivity contribution in [1.29, 1.82) is 0 Å². The fourth-order valence-corrected chi connectivity index (χ4v) is 4.19. The average molecular weight is 429 g/mol. The SMILES string of the molecule is O=C(NCCC(=O)N1CCCC1c1ccc2c(c1)OCCCO2)c1ccccc1Cl. The molecule has 158 valence electrons. The average Bonchev–Trinajstić information content (AvgIpc) is 3.13. The van der Waals surface area contributed by atoms with Crippen molar-refractivity contribution < 1.29 is 19.1 Å². The Kier molecular flexibility index (Phi) is 6.43. The van der Waals surface area contributed by atoms with E-state index in [1.165, 1.54) is 0 Å². The Morgan fingerprint density at radius 1 is 1.07 bits per heavy atom. The summed E-state index contributed by atoms with van der Waals surface area (Å²) in [5, 5.41) is 3.19. The van der Waals surface area contributed by atoms with E-state index in [1.807, 2.05) is 23.1 Å². The number of amides is 2. The molecule has 0 radical (unpaired) electrons. The van der Waals surface area contributed by atoms with E-state index in [4.69, 9.17) is 21.1 Å². The number of hydrogen-bond donors (Lipinski definition) is 1. The first-order valence-electron chi connectivity index (χ1n) is 10.4. The van der Waals surface area contributed by atoms with Crippen LogP contribution >= 0.6 is 11.6 Å². The Morgan fingerprint density at radius 3 is 2.70 bits per heavy atom. The molecule has 6 nitrogen and oxygen atoms in total. The largest absolute Gasteiger partial charge is 0.490 e. The molecule has 4 rings (SSSR count). The molecule has 0 spiro atoms. The van der Waals surface area contributed by atoms with Gasteiger partial charge >= 0.3 is 0 Å². The zero-order chi connectivity index (χ0) is 20.9. The molecule has 2 amide bonds. The molecule has 1 unspecified atom stereocenters. The lowest BCUT2D eigenvalue weighted by molar-refractivity contribution is -0.132. The molecule has 0 aromatic heterocycles. The minimum Gasteiger partial charge on any atom is -0.490 e. The lowest BCUT2D eigenvalue weighted by atomic mass is 10.0. The monoisotopic (exact) mass is 428 g/mol. The van der Waals surface area contributed by atoms with Gasteiger partial charge in [0.2, 0.25) is 5.91 Å². The maximum Gasteiger partial charge on any atom is 0.252 e. The number of nitrogens with zero attached hydrogens (tertiary/aromatic N) is 1. The van der Waals surface area contributed by atoms with Gasteiger partial charge < -0.3 is 19.7 Å². The lowest BCUT2D eigenvalue weighted by Gasteiger charge is -2.26. The second kappa shape index (κ2) is 9.39. The molecule has 2 aromatic rings. The summed E-state index contributed by atoms with van der Waals surface area (Å²) in [6.07, 6.45) is 2.98. The number of carbonyl (C=O) groups excluding carboxylic acids is 2. The van der Waals surface area contributed by atoms with Crippen LogP contribution < -0.4 is 14.8 Å². The van der Waals surface area contributed by atoms with Crippen molar-refractivity contribution in [3.63, 3.8) is 0 Å². The van der Waals surface area contributed by atoms with Gasteiger partial charge in [-0.2, -0.15) is 0 Å². The molecule has 2 aliphatic heterocycles. The van der Waals surface area contributed by atoms with Gasteiger partial charge in [-0.15, -0.1) is 0 Å². The number of halogens is 1. The second-order valence-electron chi connectivity index (χ2n) is 7.49. The molecule has 2 aliphatic rings. The summed E-state index contributed by atoms with van der Waals surface area (Å²) >= 11 is 6.06. The van der Waals surface area contributed by atoms with Gasteiger partial charge in [0.05, 0.1) is 29.8 Å². The van der Waals surface area contributed by atoms with E-state index in [1.54, 1.807) is 24.3 Å². The molecule has 0 bridgehead atoms. The van der Waals surface area contributed by atoms with Gasteiger partial charge in [-0.3, -0.25) is 9.59 Å². The van der Waals surface area contributed by atoms with E-state index in [0.717, 1.165) is 42.9 Å². The van der Waals surface area contributed by atoms with Crippen LogP contribution in [0.15, 0.2) is 42.5 Å². The van der Waals surface area contributed by atoms with E-state index in [-0.39, 0.29) is 30.8 Å². The molecule has 1 fully saturated rings. The third-order valence-electron chi connectivity index (χ3n) is 5.47. The molecule has 1 saturated heterocycles. The van der Waals surface area contributed by atoms with Crippen molar-refractivity contribution >= 4 is 23.4 Å². The summed E-state index contributed by atoms with van der Waals surface area (Å²) in [5.74, 6) is 1.27. The molecule has 0 aliphatic carbocycles. The molecule has 1 atom stereocenters. The highest BCUT2D eigenvalue weighted by molar-refractivity contribution is 6.33. The zero-order valence-corrected chi connectivity index (χ0v) is 17.5. The Morgan fingerprint density at radius 2 is 1.87 bits per heavy atom. The van der Waals surface area contributed by atoms with Crippen molar-refractivity contribution in [3.05, 3.63) is 58.6 Å². The minimum absolute atomic E-state index is 0.0222. The number of benzene rings is 2. The Hall–Kier alpha value is -2.73.